The van der Waals surface area contributed by atoms with Crippen LogP contribution in [0, 0.1) is 27.7 Å². The van der Waals surface area contributed by atoms with E-state index in [1.165, 1.54) is 14.2 Å². The maximum absolute atomic E-state index is 12.9. The third-order valence-electron chi connectivity index (χ3n) is 18.3. The number of aliphatic carboxylic acids is 4. The molecule has 0 saturated carbocycles. The number of aromatic amines is 4. The van der Waals surface area contributed by atoms with Gasteiger partial charge in [-0.1, -0.05) is 53.0 Å². The van der Waals surface area contributed by atoms with Gasteiger partial charge < -0.3 is 49.8 Å². The molecular formula is C70H76N8O12. The Kier molecular flexibility index (Phi) is 18.6. The minimum Gasteiger partial charge on any atom is -0.481 e. The molecule has 10 heterocycles. The summed E-state index contributed by atoms with van der Waals surface area (Å²) in [5.74, 6) is -6.72. The van der Waals surface area contributed by atoms with Crippen LogP contribution in [0.15, 0.2) is 49.6 Å². The van der Waals surface area contributed by atoms with E-state index in [2.05, 4.69) is 53.0 Å². The van der Waals surface area contributed by atoms with E-state index in [0.29, 0.717) is 58.0 Å². The van der Waals surface area contributed by atoms with E-state index in [1.54, 1.807) is 19.9 Å². The fraction of sp³-hybridized carbons (Fsp3) is 0.343. The van der Waals surface area contributed by atoms with Crippen molar-refractivity contribution in [1.29, 1.82) is 0 Å². The number of carbonyl (C=O) groups is 6. The number of hydrogen-bond acceptors (Lipinski definition) is 12. The number of rotatable bonds is 16. The number of aromatic nitrogens is 8. The molecule has 6 aromatic rings. The molecule has 20 heteroatoms. The number of nitrogens with one attached hydrogen (secondary N) is 4. The maximum Gasteiger partial charge on any atom is 0.338 e. The molecule has 90 heavy (non-hydrogen) atoms. The lowest BCUT2D eigenvalue weighted by molar-refractivity contribution is -0.141. The first-order valence-electron chi connectivity index (χ1n) is 30.0. The van der Waals surface area contributed by atoms with Gasteiger partial charge in [0.1, 0.15) is 0 Å². The molecule has 0 aliphatic carbocycles. The van der Waals surface area contributed by atoms with Crippen molar-refractivity contribution in [1.82, 2.24) is 39.9 Å². The number of esters is 2. The summed E-state index contributed by atoms with van der Waals surface area (Å²) in [6.07, 6.45) is 4.86. The van der Waals surface area contributed by atoms with Crippen LogP contribution in [0.2, 0.25) is 0 Å². The molecular weight excluding hydrogens is 1140 g/mol. The summed E-state index contributed by atoms with van der Waals surface area (Å²) >= 11 is 0. The van der Waals surface area contributed by atoms with Crippen LogP contribution >= 0.6 is 0 Å². The molecule has 4 aliphatic rings. The SMILES string of the molecule is C=Cc1c(C)c2cc3nc(c(CC(=O)O)c4nc(cc5[nH]c(cc1[nH]2)c(C)c5CC)C(C)=C4C(=O)O)[C@@H](CCC(=O)O)[C@@H]3C.C=Cc1c(C)c2cc3nc(c(CC(=O)OC)c4nc(cc5[nH]c(cc1[nH]2)c(C)c5CC)C(C)=C4C(=O)O)[C@@H](CCC(=O)OC)[C@@H]3C. The second-order valence-corrected chi connectivity index (χ2v) is 23.3. The molecule has 0 radical (unpaired) electrons. The molecule has 0 saturated heterocycles. The molecule has 0 spiro atoms. The van der Waals surface area contributed by atoms with Crippen molar-refractivity contribution in [2.45, 2.75) is 144 Å². The number of carboxylic acid groups (broad SMARTS) is 4. The first-order chi connectivity index (χ1) is 42.8. The van der Waals surface area contributed by atoms with Crippen molar-refractivity contribution < 1.29 is 58.7 Å². The highest BCUT2D eigenvalue weighted by Gasteiger charge is 2.38. The van der Waals surface area contributed by atoms with Crippen molar-refractivity contribution in [3.05, 3.63) is 151 Å². The van der Waals surface area contributed by atoms with Gasteiger partial charge in [0.05, 0.1) is 72.4 Å². The number of hydrogen-bond donors (Lipinski definition) is 8. The topological polar surface area (TPSA) is 317 Å². The van der Waals surface area contributed by atoms with E-state index in [1.807, 2.05) is 78.0 Å². The number of aryl methyl sites for hydroxylation is 6. The van der Waals surface area contributed by atoms with E-state index in [-0.39, 0.29) is 77.5 Å². The Morgan fingerprint density at radius 2 is 0.878 bits per heavy atom. The highest BCUT2D eigenvalue weighted by molar-refractivity contribution is 6.25. The zero-order valence-electron chi connectivity index (χ0n) is 52.8. The first-order valence-corrected chi connectivity index (χ1v) is 30.0. The van der Waals surface area contributed by atoms with Gasteiger partial charge in [0, 0.05) is 114 Å². The molecule has 468 valence electrons. The van der Waals surface area contributed by atoms with Crippen LogP contribution in [0.1, 0.15) is 192 Å². The summed E-state index contributed by atoms with van der Waals surface area (Å²) < 4.78 is 10.0. The van der Waals surface area contributed by atoms with Gasteiger partial charge in [-0.2, -0.15) is 0 Å². The highest BCUT2D eigenvalue weighted by atomic mass is 16.5. The predicted octanol–water partition coefficient (Wildman–Crippen LogP) is 13.2. The quantitative estimate of drug-likeness (QED) is 0.0418. The van der Waals surface area contributed by atoms with Crippen LogP contribution in [0.4, 0.5) is 0 Å². The van der Waals surface area contributed by atoms with Gasteiger partial charge >= 0.3 is 35.8 Å². The van der Waals surface area contributed by atoms with E-state index in [9.17, 15) is 49.2 Å². The minimum atomic E-state index is -1.23. The number of ether oxygens (including phenoxy) is 2. The van der Waals surface area contributed by atoms with Gasteiger partial charge in [0.15, 0.2) is 0 Å². The number of carbonyl (C=O) groups excluding carboxylic acids is 2. The summed E-state index contributed by atoms with van der Waals surface area (Å²) in [6.45, 7) is 27.7. The lowest BCUT2D eigenvalue weighted by Crippen LogP contribution is -2.14. The van der Waals surface area contributed by atoms with Crippen LogP contribution < -0.4 is 0 Å². The first kappa shape index (κ1) is 64.5. The Morgan fingerprint density at radius 1 is 0.489 bits per heavy atom. The average molecular weight is 1220 g/mol. The van der Waals surface area contributed by atoms with Crippen LogP contribution in [-0.4, -0.2) is 110 Å². The fourth-order valence-corrected chi connectivity index (χ4v) is 13.2. The zero-order valence-corrected chi connectivity index (χ0v) is 52.8. The maximum atomic E-state index is 12.9. The van der Waals surface area contributed by atoms with Crippen LogP contribution in [-0.2, 0) is 63.9 Å². The molecule has 4 aliphatic heterocycles. The molecule has 20 nitrogen and oxygen atoms in total. The van der Waals surface area contributed by atoms with E-state index in [4.69, 9.17) is 29.4 Å². The van der Waals surface area contributed by atoms with Crippen molar-refractivity contribution in [3.8, 4) is 0 Å². The molecule has 0 aromatic carbocycles. The Balaban J connectivity index is 0.000000214. The summed E-state index contributed by atoms with van der Waals surface area (Å²) in [5, 5.41) is 40.3. The Hall–Kier alpha value is -9.98. The smallest absolute Gasteiger partial charge is 0.338 e. The van der Waals surface area contributed by atoms with E-state index < -0.39 is 42.2 Å². The van der Waals surface area contributed by atoms with Gasteiger partial charge in [0.2, 0.25) is 0 Å². The van der Waals surface area contributed by atoms with Crippen LogP contribution in [0.5, 0.6) is 0 Å². The fourth-order valence-electron chi connectivity index (χ4n) is 13.2. The monoisotopic (exact) mass is 1220 g/mol. The molecule has 0 fully saturated rings. The van der Waals surface area contributed by atoms with Crippen molar-refractivity contribution in [3.63, 3.8) is 0 Å². The van der Waals surface area contributed by atoms with Gasteiger partial charge in [0.25, 0.3) is 0 Å². The summed E-state index contributed by atoms with van der Waals surface area (Å²) in [4.78, 5) is 108. The number of methoxy groups -OCH3 is 2. The zero-order chi connectivity index (χ0) is 65.5. The Labute approximate surface area is 520 Å². The number of nitrogens with zero attached hydrogens (tertiary/aromatic N) is 4. The number of H-pyrrole nitrogens is 4. The average Bonchev–Trinajstić information content (AvgIpc) is 1.64. The van der Waals surface area contributed by atoms with Gasteiger partial charge in [-0.05, 0) is 148 Å². The van der Waals surface area contributed by atoms with E-state index >= 15 is 0 Å². The van der Waals surface area contributed by atoms with E-state index in [0.717, 1.165) is 101 Å². The second kappa shape index (κ2) is 26.0. The molecule has 16 bridgehead atoms. The predicted molar refractivity (Wildman–Crippen MR) is 348 cm³/mol. The molecule has 4 atom stereocenters. The third-order valence-corrected chi connectivity index (χ3v) is 18.3. The summed E-state index contributed by atoms with van der Waals surface area (Å²) in [7, 11) is 2.63. The highest BCUT2D eigenvalue weighted by Crippen LogP contribution is 2.46. The second-order valence-electron chi connectivity index (χ2n) is 23.3. The van der Waals surface area contributed by atoms with Crippen molar-refractivity contribution in [2.24, 2.45) is 0 Å². The van der Waals surface area contributed by atoms with Crippen molar-refractivity contribution >= 4 is 114 Å². The molecule has 8 N–H and O–H groups in total. The van der Waals surface area contributed by atoms with Crippen LogP contribution in [0.3, 0.4) is 0 Å². The van der Waals surface area contributed by atoms with Gasteiger partial charge in [-0.3, -0.25) is 29.1 Å². The minimum absolute atomic E-state index is 0.00198. The molecule has 0 unspecified atom stereocenters. The molecule has 10 rings (SSSR count). The standard InChI is InChI=1S/C36H40N4O6.C34H36N4O6/c1-9-21-17(3)25-14-27-19(5)23(11-12-31(41)45-7)34(39-27)24(13-32(42)46-8)35-33(36(43)44)20(6)28(40-35)16-30-22(10-2)18(4)26(38-30)15-29(21)37-25;1-7-19-15(3)23-12-25-17(5)21(9-10-29(39)40)32(37-25)22(11-30(41)42)33-31(34(43)44)18(6)26(38-33)14-28-20(8-2)16(4)24(36-28)13-27(19)35-23/h9,14-16,19,23,37-38H,1,10-13H2,2-8H3,(H,43,44);7,12-14,17,21,35-36H,1,8-11H2,2-6H3,(H,39,40)(H,41,42)(H,43,44)/t19-,23-;17-,21-/m00/s1. The largest absolute Gasteiger partial charge is 0.481 e. The third kappa shape index (κ3) is 12.0. The number of fused-ring (bicyclic) bond motifs is 16. The lowest BCUT2D eigenvalue weighted by Gasteiger charge is -2.18. The Morgan fingerprint density at radius 3 is 1.24 bits per heavy atom. The normalized spacial score (nSPS) is 16.1. The Bertz CT molecular complexity index is 4490. The van der Waals surface area contributed by atoms with Gasteiger partial charge in [-0.15, -0.1) is 0 Å². The lowest BCUT2D eigenvalue weighted by atomic mass is 9.84. The molecule has 6 aromatic heterocycles. The number of carboxylic acids is 4. The van der Waals surface area contributed by atoms with Crippen molar-refractivity contribution in [2.75, 3.05) is 14.2 Å². The summed E-state index contributed by atoms with van der Waals surface area (Å²) in [5.41, 5.74) is 19.6. The van der Waals surface area contributed by atoms with Gasteiger partial charge in [-0.25, -0.2) is 19.6 Å². The summed E-state index contributed by atoms with van der Waals surface area (Å²) in [6, 6.07) is 11.7. The van der Waals surface area contributed by atoms with Crippen LogP contribution in [0.25, 0.3) is 78.6 Å². The number of allylic oxidation sites excluding steroid dienone is 2. The molecule has 0 amide bonds.